The Kier molecular flexibility index (Phi) is 5.19. The van der Waals surface area contributed by atoms with Crippen molar-refractivity contribution >= 4 is 34.0 Å². The molecule has 1 fully saturated rings. The first-order valence-corrected chi connectivity index (χ1v) is 11.1. The lowest BCUT2D eigenvalue weighted by atomic mass is 10.0. The van der Waals surface area contributed by atoms with Gasteiger partial charge in [-0.25, -0.2) is 0 Å². The van der Waals surface area contributed by atoms with Gasteiger partial charge in [-0.3, -0.25) is 0 Å². The van der Waals surface area contributed by atoms with Gasteiger partial charge in [-0.2, -0.15) is 16.9 Å². The van der Waals surface area contributed by atoms with Crippen LogP contribution in [-0.4, -0.2) is 21.2 Å². The molecule has 146 valence electrons. The summed E-state index contributed by atoms with van der Waals surface area (Å²) in [5, 5.41) is 20.9. The molecule has 0 atom stereocenters. The molecule has 1 aromatic heterocycles. The van der Waals surface area contributed by atoms with E-state index in [1.54, 1.807) is 0 Å². The number of aromatic nitrogens is 1. The second-order valence-electron chi connectivity index (χ2n) is 8.11. The van der Waals surface area contributed by atoms with Crippen LogP contribution < -0.4 is 0 Å². The molecule has 3 aromatic rings. The summed E-state index contributed by atoms with van der Waals surface area (Å²) in [5.41, 5.74) is 4.93. The van der Waals surface area contributed by atoms with Crippen molar-refractivity contribution in [2.75, 3.05) is 11.5 Å². The Labute approximate surface area is 170 Å². The lowest BCUT2D eigenvalue weighted by Gasteiger charge is -2.27. The van der Waals surface area contributed by atoms with Gasteiger partial charge in [-0.1, -0.05) is 45.9 Å². The van der Waals surface area contributed by atoms with Crippen LogP contribution in [0.25, 0.3) is 10.9 Å². The van der Waals surface area contributed by atoms with Crippen LogP contribution in [0.15, 0.2) is 52.7 Å². The van der Waals surface area contributed by atoms with Crippen LogP contribution in [0.1, 0.15) is 56.7 Å². The molecule has 5 heteroatoms. The Morgan fingerprint density at radius 2 is 1.57 bits per heavy atom. The van der Waals surface area contributed by atoms with E-state index in [1.807, 2.05) is 28.5 Å². The molecule has 0 aliphatic carbocycles. The van der Waals surface area contributed by atoms with E-state index >= 15 is 0 Å². The Bertz CT molecular complexity index is 1010. The molecule has 0 bridgehead atoms. The summed E-state index contributed by atoms with van der Waals surface area (Å²) < 4.78 is 2.03. The van der Waals surface area contributed by atoms with Gasteiger partial charge in [0.15, 0.2) is 5.69 Å². The fraction of sp³-hybridized carbons (Fsp3) is 0.391. The largest absolute Gasteiger partial charge is 0.493 e. The number of aromatic hydroxyl groups is 1. The minimum Gasteiger partial charge on any atom is -0.493 e. The highest BCUT2D eigenvalue weighted by atomic mass is 32.2. The van der Waals surface area contributed by atoms with Crippen molar-refractivity contribution in [2.24, 2.45) is 10.2 Å². The van der Waals surface area contributed by atoms with Crippen molar-refractivity contribution < 1.29 is 5.11 Å². The molecule has 4 nitrogen and oxygen atoms in total. The number of benzene rings is 2. The van der Waals surface area contributed by atoms with Crippen LogP contribution in [0.5, 0.6) is 5.88 Å². The van der Waals surface area contributed by atoms with E-state index in [0.29, 0.717) is 23.6 Å². The third-order valence-electron chi connectivity index (χ3n) is 5.45. The Balaban J connectivity index is 1.78. The molecular weight excluding hydrogens is 366 g/mol. The molecule has 0 radical (unpaired) electrons. The fourth-order valence-corrected chi connectivity index (χ4v) is 4.28. The Hall–Kier alpha value is -2.27. The van der Waals surface area contributed by atoms with Crippen molar-refractivity contribution in [3.8, 4) is 5.88 Å². The van der Waals surface area contributed by atoms with Crippen molar-refractivity contribution in [1.29, 1.82) is 0 Å². The third kappa shape index (κ3) is 3.44. The van der Waals surface area contributed by atoms with Crippen LogP contribution in [0.2, 0.25) is 0 Å². The maximum Gasteiger partial charge on any atom is 0.221 e. The van der Waals surface area contributed by atoms with Gasteiger partial charge in [0.25, 0.3) is 0 Å². The highest BCUT2D eigenvalue weighted by Gasteiger charge is 2.27. The van der Waals surface area contributed by atoms with E-state index in [2.05, 4.69) is 68.3 Å². The SMILES string of the molecule is CC(C)c1ccc(N=Nc2c(O)n(C3CSC3)c3ccc(C(C)C)cc23)cc1. The number of thioether (sulfide) groups is 1. The Morgan fingerprint density at radius 1 is 0.929 bits per heavy atom. The maximum atomic E-state index is 11.0. The zero-order valence-electron chi connectivity index (χ0n) is 16.9. The standard InChI is InChI=1S/C23H27N3OS/c1-14(2)16-5-8-18(9-6-16)24-25-22-20-11-17(15(3)4)7-10-21(20)26(23(22)27)19-12-28-13-19/h5-11,14-15,19,27H,12-13H2,1-4H3. The molecule has 0 amide bonds. The van der Waals surface area contributed by atoms with Crippen molar-refractivity contribution in [2.45, 2.75) is 45.6 Å². The second-order valence-corrected chi connectivity index (χ2v) is 9.19. The van der Waals surface area contributed by atoms with Crippen LogP contribution in [0.3, 0.4) is 0 Å². The van der Waals surface area contributed by atoms with E-state index in [1.165, 1.54) is 11.1 Å². The van der Waals surface area contributed by atoms with Gasteiger partial charge in [0.05, 0.1) is 17.2 Å². The zero-order valence-corrected chi connectivity index (χ0v) is 17.7. The third-order valence-corrected chi connectivity index (χ3v) is 6.69. The number of hydrogen-bond acceptors (Lipinski definition) is 4. The number of hydrogen-bond donors (Lipinski definition) is 1. The summed E-state index contributed by atoms with van der Waals surface area (Å²) in [4.78, 5) is 0. The highest BCUT2D eigenvalue weighted by molar-refractivity contribution is 8.00. The Morgan fingerprint density at radius 3 is 2.14 bits per heavy atom. The summed E-state index contributed by atoms with van der Waals surface area (Å²) >= 11 is 1.90. The topological polar surface area (TPSA) is 49.9 Å². The molecule has 1 saturated heterocycles. The maximum absolute atomic E-state index is 11.0. The van der Waals surface area contributed by atoms with Gasteiger partial charge in [-0.15, -0.1) is 5.11 Å². The van der Waals surface area contributed by atoms with Gasteiger partial charge in [0.2, 0.25) is 5.88 Å². The molecule has 1 N–H and O–H groups in total. The molecule has 1 aliphatic rings. The number of rotatable bonds is 5. The number of azo groups is 1. The van der Waals surface area contributed by atoms with E-state index < -0.39 is 0 Å². The van der Waals surface area contributed by atoms with Gasteiger partial charge < -0.3 is 9.67 Å². The van der Waals surface area contributed by atoms with Crippen LogP contribution in [0, 0.1) is 0 Å². The van der Waals surface area contributed by atoms with Crippen molar-refractivity contribution in [3.63, 3.8) is 0 Å². The van der Waals surface area contributed by atoms with Gasteiger partial charge in [-0.05, 0) is 47.2 Å². The first kappa shape index (κ1) is 19.1. The number of fused-ring (bicyclic) bond motifs is 1. The minimum atomic E-state index is 0.226. The average Bonchev–Trinajstić information content (AvgIpc) is 2.90. The van der Waals surface area contributed by atoms with E-state index in [4.69, 9.17) is 0 Å². The summed E-state index contributed by atoms with van der Waals surface area (Å²) in [6.45, 7) is 8.71. The van der Waals surface area contributed by atoms with E-state index in [9.17, 15) is 5.11 Å². The van der Waals surface area contributed by atoms with Gasteiger partial charge in [0.1, 0.15) is 0 Å². The lowest BCUT2D eigenvalue weighted by Crippen LogP contribution is -2.22. The first-order valence-electron chi connectivity index (χ1n) is 9.92. The van der Waals surface area contributed by atoms with Crippen molar-refractivity contribution in [3.05, 3.63) is 53.6 Å². The molecular formula is C23H27N3OS. The smallest absolute Gasteiger partial charge is 0.221 e. The molecule has 28 heavy (non-hydrogen) atoms. The quantitative estimate of drug-likeness (QED) is 0.462. The molecule has 4 rings (SSSR count). The lowest BCUT2D eigenvalue weighted by molar-refractivity contribution is 0.406. The predicted octanol–water partition coefficient (Wildman–Crippen LogP) is 7.30. The molecule has 2 aromatic carbocycles. The predicted molar refractivity (Wildman–Crippen MR) is 119 cm³/mol. The van der Waals surface area contributed by atoms with Crippen LogP contribution in [0.4, 0.5) is 11.4 Å². The molecule has 0 spiro atoms. The highest BCUT2D eigenvalue weighted by Crippen LogP contribution is 2.45. The molecule has 0 saturated carbocycles. The summed E-state index contributed by atoms with van der Waals surface area (Å²) in [6.07, 6.45) is 0. The monoisotopic (exact) mass is 393 g/mol. The normalized spacial score (nSPS) is 15.2. The van der Waals surface area contributed by atoms with Gasteiger partial charge >= 0.3 is 0 Å². The van der Waals surface area contributed by atoms with Crippen LogP contribution >= 0.6 is 11.8 Å². The molecule has 1 aliphatic heterocycles. The van der Waals surface area contributed by atoms with Gasteiger partial charge in [0, 0.05) is 16.9 Å². The summed E-state index contributed by atoms with van der Waals surface area (Å²) in [6, 6.07) is 14.9. The molecule has 0 unspecified atom stereocenters. The summed E-state index contributed by atoms with van der Waals surface area (Å²) in [7, 11) is 0. The first-order chi connectivity index (χ1) is 13.5. The van der Waals surface area contributed by atoms with Crippen LogP contribution in [-0.2, 0) is 0 Å². The van der Waals surface area contributed by atoms with E-state index in [0.717, 1.165) is 28.1 Å². The fourth-order valence-electron chi connectivity index (χ4n) is 3.54. The second kappa shape index (κ2) is 7.63. The average molecular weight is 394 g/mol. The number of nitrogens with zero attached hydrogens (tertiary/aromatic N) is 3. The summed E-state index contributed by atoms with van der Waals surface area (Å²) in [5.74, 6) is 3.18. The zero-order chi connectivity index (χ0) is 19.8. The van der Waals surface area contributed by atoms with Crippen molar-refractivity contribution in [1.82, 2.24) is 4.57 Å². The minimum absolute atomic E-state index is 0.226. The van der Waals surface area contributed by atoms with E-state index in [-0.39, 0.29) is 5.88 Å². The molecule has 2 heterocycles.